The second kappa shape index (κ2) is 7.57. The first-order valence-electron chi connectivity index (χ1n) is 8.96. The molecule has 0 spiro atoms. The minimum absolute atomic E-state index is 0.223. The molecule has 2 aliphatic heterocycles. The third-order valence-electron chi connectivity index (χ3n) is 4.81. The Balaban J connectivity index is 1.37. The monoisotopic (exact) mass is 419 g/mol. The van der Waals surface area contributed by atoms with Crippen molar-refractivity contribution in [1.82, 2.24) is 9.21 Å². The van der Waals surface area contributed by atoms with E-state index in [1.165, 1.54) is 4.31 Å². The van der Waals surface area contributed by atoms with E-state index in [1.807, 2.05) is 42.2 Å². The molecule has 28 heavy (non-hydrogen) atoms. The number of hydrogen-bond acceptors (Lipinski definition) is 5. The Morgan fingerprint density at radius 3 is 2.39 bits per heavy atom. The molecule has 0 aromatic heterocycles. The van der Waals surface area contributed by atoms with Crippen molar-refractivity contribution in [2.24, 2.45) is 0 Å². The van der Waals surface area contributed by atoms with Crippen LogP contribution in [0.4, 0.5) is 5.69 Å². The molecule has 9 heteroatoms. The number of ether oxygens (including phenoxy) is 2. The fourth-order valence-corrected chi connectivity index (χ4v) is 4.89. The highest BCUT2D eigenvalue weighted by molar-refractivity contribution is 7.89. The van der Waals surface area contributed by atoms with Gasteiger partial charge in [0.15, 0.2) is 16.6 Å². The van der Waals surface area contributed by atoms with Crippen LogP contribution < -0.4 is 14.8 Å². The van der Waals surface area contributed by atoms with E-state index >= 15 is 0 Å². The van der Waals surface area contributed by atoms with Crippen LogP contribution in [0.3, 0.4) is 0 Å². The first kappa shape index (κ1) is 19.0. The highest BCUT2D eigenvalue weighted by atomic mass is 32.2. The van der Waals surface area contributed by atoms with Gasteiger partial charge in [0, 0.05) is 37.9 Å². The second-order valence-corrected chi connectivity index (χ2v) is 9.03. The van der Waals surface area contributed by atoms with Gasteiger partial charge in [-0.25, -0.2) is 8.42 Å². The summed E-state index contributed by atoms with van der Waals surface area (Å²) in [6.07, 6.45) is 0. The summed E-state index contributed by atoms with van der Waals surface area (Å²) in [5, 5.41) is 3.75. The molecular weight excluding hydrogens is 398 g/mol. The Morgan fingerprint density at radius 1 is 1.00 bits per heavy atom. The number of hydrogen-bond donors (Lipinski definition) is 1. The van der Waals surface area contributed by atoms with Gasteiger partial charge in [0.2, 0.25) is 16.8 Å². The number of sulfonamides is 1. The van der Waals surface area contributed by atoms with E-state index in [0.717, 1.165) is 11.3 Å². The number of thiocarbonyl (C=S) groups is 1. The zero-order chi connectivity index (χ0) is 19.7. The smallest absolute Gasteiger partial charge is 0.243 e. The molecule has 2 heterocycles. The first-order chi connectivity index (χ1) is 13.4. The van der Waals surface area contributed by atoms with Crippen LogP contribution in [0.2, 0.25) is 0 Å². The highest BCUT2D eigenvalue weighted by Gasteiger charge is 2.29. The van der Waals surface area contributed by atoms with E-state index in [2.05, 4.69) is 5.32 Å². The topological polar surface area (TPSA) is 71.1 Å². The molecule has 4 rings (SSSR count). The molecule has 0 saturated carbocycles. The molecule has 0 aliphatic carbocycles. The van der Waals surface area contributed by atoms with Crippen molar-refractivity contribution >= 4 is 33.0 Å². The van der Waals surface area contributed by atoms with Gasteiger partial charge in [-0.05, 0) is 43.4 Å². The lowest BCUT2D eigenvalue weighted by Crippen LogP contribution is -2.51. The van der Waals surface area contributed by atoms with Gasteiger partial charge in [0.25, 0.3) is 0 Å². The van der Waals surface area contributed by atoms with Crippen LogP contribution in [0.25, 0.3) is 0 Å². The molecular formula is C19H21N3O4S2. The van der Waals surface area contributed by atoms with Crippen molar-refractivity contribution < 1.29 is 17.9 Å². The Hall–Kier alpha value is -2.36. The quantitative estimate of drug-likeness (QED) is 0.766. The maximum absolute atomic E-state index is 12.8. The minimum atomic E-state index is -3.48. The lowest BCUT2D eigenvalue weighted by molar-refractivity contribution is 0.174. The van der Waals surface area contributed by atoms with Crippen molar-refractivity contribution in [3.63, 3.8) is 0 Å². The van der Waals surface area contributed by atoms with Gasteiger partial charge in [-0.3, -0.25) is 0 Å². The van der Waals surface area contributed by atoms with E-state index in [0.29, 0.717) is 47.7 Å². The summed E-state index contributed by atoms with van der Waals surface area (Å²) in [4.78, 5) is 2.30. The molecule has 0 unspecified atom stereocenters. The van der Waals surface area contributed by atoms with Crippen LogP contribution >= 0.6 is 12.2 Å². The van der Waals surface area contributed by atoms with Crippen LogP contribution in [-0.4, -0.2) is 55.7 Å². The maximum Gasteiger partial charge on any atom is 0.243 e. The molecule has 2 aromatic rings. The van der Waals surface area contributed by atoms with Gasteiger partial charge in [-0.1, -0.05) is 17.7 Å². The van der Waals surface area contributed by atoms with Gasteiger partial charge >= 0.3 is 0 Å². The lowest BCUT2D eigenvalue weighted by Gasteiger charge is -2.35. The molecule has 1 fully saturated rings. The third kappa shape index (κ3) is 3.78. The Kier molecular flexibility index (Phi) is 5.13. The Bertz CT molecular complexity index is 985. The molecule has 1 saturated heterocycles. The van der Waals surface area contributed by atoms with Crippen molar-refractivity contribution in [2.75, 3.05) is 38.3 Å². The van der Waals surface area contributed by atoms with Crippen molar-refractivity contribution in [2.45, 2.75) is 11.8 Å². The van der Waals surface area contributed by atoms with Crippen molar-refractivity contribution in [1.29, 1.82) is 0 Å². The predicted molar refractivity (Wildman–Crippen MR) is 110 cm³/mol. The summed E-state index contributed by atoms with van der Waals surface area (Å²) < 4.78 is 37.8. The predicted octanol–water partition coefficient (Wildman–Crippen LogP) is 2.43. The van der Waals surface area contributed by atoms with Gasteiger partial charge in [0.1, 0.15) is 0 Å². The van der Waals surface area contributed by atoms with Crippen LogP contribution in [-0.2, 0) is 10.0 Å². The fraction of sp³-hybridized carbons (Fsp3) is 0.316. The van der Waals surface area contributed by atoms with Gasteiger partial charge < -0.3 is 19.7 Å². The number of piperazine rings is 1. The fourth-order valence-electron chi connectivity index (χ4n) is 3.17. The molecule has 148 valence electrons. The molecule has 1 N–H and O–H groups in total. The SMILES string of the molecule is Cc1ccc(S(=O)(=O)N2CCN(C(=S)Nc3ccc4c(c3)OCO4)CC2)cc1. The van der Waals surface area contributed by atoms with E-state index < -0.39 is 10.0 Å². The van der Waals surface area contributed by atoms with Gasteiger partial charge in [-0.15, -0.1) is 0 Å². The zero-order valence-electron chi connectivity index (χ0n) is 15.4. The molecule has 2 aromatic carbocycles. The number of aryl methyl sites for hydroxylation is 1. The van der Waals surface area contributed by atoms with Crippen molar-refractivity contribution in [3.05, 3.63) is 48.0 Å². The molecule has 0 amide bonds. The van der Waals surface area contributed by atoms with Gasteiger partial charge in [-0.2, -0.15) is 4.31 Å². The van der Waals surface area contributed by atoms with Crippen LogP contribution in [0.5, 0.6) is 11.5 Å². The summed E-state index contributed by atoms with van der Waals surface area (Å²) in [6.45, 7) is 3.99. The van der Waals surface area contributed by atoms with Crippen molar-refractivity contribution in [3.8, 4) is 11.5 Å². The van der Waals surface area contributed by atoms with Crippen LogP contribution in [0.1, 0.15) is 5.56 Å². The first-order valence-corrected chi connectivity index (χ1v) is 10.8. The lowest BCUT2D eigenvalue weighted by atomic mass is 10.2. The number of nitrogens with zero attached hydrogens (tertiary/aromatic N) is 2. The average molecular weight is 420 g/mol. The van der Waals surface area contributed by atoms with E-state index in [-0.39, 0.29) is 6.79 Å². The number of fused-ring (bicyclic) bond motifs is 1. The van der Waals surface area contributed by atoms with E-state index in [4.69, 9.17) is 21.7 Å². The van der Waals surface area contributed by atoms with Gasteiger partial charge in [0.05, 0.1) is 4.90 Å². The molecule has 0 bridgehead atoms. The summed E-state index contributed by atoms with van der Waals surface area (Å²) in [7, 11) is -3.48. The maximum atomic E-state index is 12.8. The standard InChI is InChI=1S/C19H21N3O4S2/c1-14-2-5-16(6-3-14)28(23,24)22-10-8-21(9-11-22)19(27)20-15-4-7-17-18(12-15)26-13-25-17/h2-7,12H,8-11,13H2,1H3,(H,20,27). The number of benzene rings is 2. The van der Waals surface area contributed by atoms with E-state index in [1.54, 1.807) is 12.1 Å². The summed E-state index contributed by atoms with van der Waals surface area (Å²) >= 11 is 5.50. The summed E-state index contributed by atoms with van der Waals surface area (Å²) in [6, 6.07) is 12.5. The number of anilines is 1. The Morgan fingerprint density at radius 2 is 1.68 bits per heavy atom. The molecule has 2 aliphatic rings. The van der Waals surface area contributed by atoms with E-state index in [9.17, 15) is 8.42 Å². The normalized spacial score (nSPS) is 16.8. The summed E-state index contributed by atoms with van der Waals surface area (Å²) in [5.41, 5.74) is 1.84. The van der Waals surface area contributed by atoms with Crippen LogP contribution in [0.15, 0.2) is 47.4 Å². The Labute approximate surface area is 169 Å². The van der Waals surface area contributed by atoms with Crippen LogP contribution in [0, 0.1) is 6.92 Å². The highest BCUT2D eigenvalue weighted by Crippen LogP contribution is 2.34. The average Bonchev–Trinajstić information content (AvgIpc) is 3.16. The zero-order valence-corrected chi connectivity index (χ0v) is 17.1. The summed E-state index contributed by atoms with van der Waals surface area (Å²) in [5.74, 6) is 1.40. The largest absolute Gasteiger partial charge is 0.454 e. The molecule has 0 atom stereocenters. The minimum Gasteiger partial charge on any atom is -0.454 e. The molecule has 0 radical (unpaired) electrons. The second-order valence-electron chi connectivity index (χ2n) is 6.70. The third-order valence-corrected chi connectivity index (χ3v) is 7.08. The number of rotatable bonds is 3. The number of nitrogens with one attached hydrogen (secondary N) is 1. The molecule has 7 nitrogen and oxygen atoms in total.